The number of carbonyl (C=O) groups excluding carboxylic acids is 1. The Bertz CT molecular complexity index is 791. The predicted molar refractivity (Wildman–Crippen MR) is 82.8 cm³/mol. The Morgan fingerprint density at radius 2 is 1.95 bits per heavy atom. The molecule has 3 nitrogen and oxygen atoms in total. The number of rotatable bonds is 4. The summed E-state index contributed by atoms with van der Waals surface area (Å²) in [4.78, 5) is 16.8. The number of hydrogen-bond acceptors (Lipinski definition) is 3. The lowest BCUT2D eigenvalue weighted by Gasteiger charge is -2.06. The SMILES string of the molecule is COc1cccc(CC(=O)c2nccc3ccccc23)c1. The van der Waals surface area contributed by atoms with Gasteiger partial charge in [0.05, 0.1) is 7.11 Å². The number of carbonyl (C=O) groups is 1. The first-order valence-corrected chi connectivity index (χ1v) is 6.78. The zero-order chi connectivity index (χ0) is 14.7. The van der Waals surface area contributed by atoms with Crippen LogP contribution < -0.4 is 4.74 Å². The van der Waals surface area contributed by atoms with Crippen molar-refractivity contribution in [2.45, 2.75) is 6.42 Å². The number of ether oxygens (including phenoxy) is 1. The van der Waals surface area contributed by atoms with Crippen molar-refractivity contribution in [1.29, 1.82) is 0 Å². The van der Waals surface area contributed by atoms with Gasteiger partial charge >= 0.3 is 0 Å². The van der Waals surface area contributed by atoms with Gasteiger partial charge in [-0.05, 0) is 29.1 Å². The number of hydrogen-bond donors (Lipinski definition) is 0. The van der Waals surface area contributed by atoms with Crippen LogP contribution in [0.1, 0.15) is 16.1 Å². The van der Waals surface area contributed by atoms with E-state index in [9.17, 15) is 4.79 Å². The normalized spacial score (nSPS) is 10.5. The Morgan fingerprint density at radius 1 is 1.10 bits per heavy atom. The topological polar surface area (TPSA) is 39.2 Å². The average Bonchev–Trinajstić information content (AvgIpc) is 2.54. The maximum atomic E-state index is 12.5. The van der Waals surface area contributed by atoms with E-state index >= 15 is 0 Å². The minimum Gasteiger partial charge on any atom is -0.497 e. The molecule has 3 heteroatoms. The zero-order valence-corrected chi connectivity index (χ0v) is 11.7. The first kappa shape index (κ1) is 13.3. The van der Waals surface area contributed by atoms with E-state index in [-0.39, 0.29) is 5.78 Å². The molecule has 0 aliphatic rings. The highest BCUT2D eigenvalue weighted by Crippen LogP contribution is 2.19. The van der Waals surface area contributed by atoms with Crippen LogP contribution in [0.3, 0.4) is 0 Å². The van der Waals surface area contributed by atoms with Crippen molar-refractivity contribution in [3.05, 3.63) is 72.1 Å². The lowest BCUT2D eigenvalue weighted by atomic mass is 10.0. The summed E-state index contributed by atoms with van der Waals surface area (Å²) in [6.07, 6.45) is 2.00. The molecule has 2 aromatic carbocycles. The van der Waals surface area contributed by atoms with E-state index in [2.05, 4.69) is 4.98 Å². The van der Waals surface area contributed by atoms with E-state index in [4.69, 9.17) is 4.74 Å². The van der Waals surface area contributed by atoms with Crippen molar-refractivity contribution in [2.24, 2.45) is 0 Å². The summed E-state index contributed by atoms with van der Waals surface area (Å²) in [6, 6.07) is 17.3. The summed E-state index contributed by atoms with van der Waals surface area (Å²) in [6.45, 7) is 0. The monoisotopic (exact) mass is 277 g/mol. The van der Waals surface area contributed by atoms with Crippen LogP contribution in [-0.2, 0) is 6.42 Å². The van der Waals surface area contributed by atoms with Gasteiger partial charge in [-0.1, -0.05) is 36.4 Å². The number of ketones is 1. The van der Waals surface area contributed by atoms with Crippen LogP contribution in [0.25, 0.3) is 10.8 Å². The minimum atomic E-state index is 0.0139. The summed E-state index contributed by atoms with van der Waals surface area (Å²) in [5.41, 5.74) is 1.45. The van der Waals surface area contributed by atoms with E-state index in [1.54, 1.807) is 13.3 Å². The van der Waals surface area contributed by atoms with E-state index in [1.165, 1.54) is 0 Å². The number of fused-ring (bicyclic) bond motifs is 1. The van der Waals surface area contributed by atoms with Gasteiger partial charge in [0, 0.05) is 18.0 Å². The van der Waals surface area contributed by atoms with Crippen LogP contribution in [0, 0.1) is 0 Å². The van der Waals surface area contributed by atoms with Crippen LogP contribution >= 0.6 is 0 Å². The molecule has 0 bridgehead atoms. The van der Waals surface area contributed by atoms with E-state index in [0.717, 1.165) is 22.1 Å². The molecule has 0 spiro atoms. The van der Waals surface area contributed by atoms with Crippen molar-refractivity contribution in [3.63, 3.8) is 0 Å². The number of pyridine rings is 1. The Hall–Kier alpha value is -2.68. The zero-order valence-electron chi connectivity index (χ0n) is 11.7. The molecule has 3 aromatic rings. The second-order valence-corrected chi connectivity index (χ2v) is 4.83. The summed E-state index contributed by atoms with van der Waals surface area (Å²) in [5, 5.41) is 1.93. The van der Waals surface area contributed by atoms with Crippen LogP contribution in [0.15, 0.2) is 60.8 Å². The van der Waals surface area contributed by atoms with E-state index in [1.807, 2.05) is 54.6 Å². The number of nitrogens with zero attached hydrogens (tertiary/aromatic N) is 1. The fourth-order valence-electron chi connectivity index (χ4n) is 2.39. The third-order valence-corrected chi connectivity index (χ3v) is 3.44. The van der Waals surface area contributed by atoms with Gasteiger partial charge in [0.15, 0.2) is 5.78 Å². The van der Waals surface area contributed by atoms with Crippen molar-refractivity contribution in [1.82, 2.24) is 4.98 Å². The maximum absolute atomic E-state index is 12.5. The first-order valence-electron chi connectivity index (χ1n) is 6.78. The third-order valence-electron chi connectivity index (χ3n) is 3.44. The van der Waals surface area contributed by atoms with Gasteiger partial charge in [-0.15, -0.1) is 0 Å². The van der Waals surface area contributed by atoms with Gasteiger partial charge in [-0.2, -0.15) is 0 Å². The summed E-state index contributed by atoms with van der Waals surface area (Å²) >= 11 is 0. The van der Waals surface area contributed by atoms with E-state index < -0.39 is 0 Å². The van der Waals surface area contributed by atoms with Gasteiger partial charge in [0.1, 0.15) is 11.4 Å². The second kappa shape index (κ2) is 5.75. The number of aromatic nitrogens is 1. The molecular weight excluding hydrogens is 262 g/mol. The molecule has 0 aliphatic heterocycles. The molecule has 0 radical (unpaired) electrons. The lowest BCUT2D eigenvalue weighted by Crippen LogP contribution is -2.06. The molecule has 0 saturated carbocycles. The van der Waals surface area contributed by atoms with Crippen LogP contribution in [0.4, 0.5) is 0 Å². The Morgan fingerprint density at radius 3 is 2.81 bits per heavy atom. The highest BCUT2D eigenvalue weighted by molar-refractivity contribution is 6.07. The van der Waals surface area contributed by atoms with Crippen LogP contribution in [0.2, 0.25) is 0 Å². The van der Waals surface area contributed by atoms with Gasteiger partial charge in [-0.25, -0.2) is 0 Å². The van der Waals surface area contributed by atoms with Crippen LogP contribution in [-0.4, -0.2) is 17.9 Å². The fourth-order valence-corrected chi connectivity index (χ4v) is 2.39. The molecule has 1 heterocycles. The van der Waals surface area contributed by atoms with Crippen molar-refractivity contribution in [2.75, 3.05) is 7.11 Å². The Kier molecular flexibility index (Phi) is 3.65. The quantitative estimate of drug-likeness (QED) is 0.683. The molecule has 0 saturated heterocycles. The molecule has 0 aliphatic carbocycles. The second-order valence-electron chi connectivity index (χ2n) is 4.83. The predicted octanol–water partition coefficient (Wildman–Crippen LogP) is 3.67. The van der Waals surface area contributed by atoms with Crippen molar-refractivity contribution in [3.8, 4) is 5.75 Å². The third kappa shape index (κ3) is 2.77. The number of benzene rings is 2. The molecular formula is C18H15NO2. The largest absolute Gasteiger partial charge is 0.497 e. The fraction of sp³-hybridized carbons (Fsp3) is 0.111. The Labute approximate surface area is 123 Å². The first-order chi connectivity index (χ1) is 10.3. The van der Waals surface area contributed by atoms with Crippen LogP contribution in [0.5, 0.6) is 5.75 Å². The molecule has 1 aromatic heterocycles. The number of methoxy groups -OCH3 is 1. The Balaban J connectivity index is 1.93. The minimum absolute atomic E-state index is 0.0139. The van der Waals surface area contributed by atoms with Gasteiger partial charge in [0.25, 0.3) is 0 Å². The maximum Gasteiger partial charge on any atom is 0.186 e. The van der Waals surface area contributed by atoms with Gasteiger partial charge in [0.2, 0.25) is 0 Å². The molecule has 104 valence electrons. The van der Waals surface area contributed by atoms with Crippen molar-refractivity contribution < 1.29 is 9.53 Å². The average molecular weight is 277 g/mol. The van der Waals surface area contributed by atoms with Gasteiger partial charge < -0.3 is 4.74 Å². The molecule has 0 amide bonds. The molecule has 3 rings (SSSR count). The molecule has 0 atom stereocenters. The standard InChI is InChI=1S/C18H15NO2/c1-21-15-7-4-5-13(11-15)12-17(20)18-16-8-3-2-6-14(16)9-10-19-18/h2-11H,12H2,1H3. The summed E-state index contributed by atoms with van der Waals surface area (Å²) in [5.74, 6) is 0.770. The van der Waals surface area contributed by atoms with E-state index in [0.29, 0.717) is 12.1 Å². The molecule has 0 unspecified atom stereocenters. The lowest BCUT2D eigenvalue weighted by molar-refractivity contribution is 0.0990. The molecule has 0 fully saturated rings. The van der Waals surface area contributed by atoms with Gasteiger partial charge in [-0.3, -0.25) is 9.78 Å². The summed E-state index contributed by atoms with van der Waals surface area (Å²) < 4.78 is 5.19. The number of Topliss-reactive ketones (excluding diaryl/α,β-unsaturated/α-hetero) is 1. The highest BCUT2D eigenvalue weighted by atomic mass is 16.5. The van der Waals surface area contributed by atoms with Crippen molar-refractivity contribution >= 4 is 16.6 Å². The highest BCUT2D eigenvalue weighted by Gasteiger charge is 2.12. The smallest absolute Gasteiger partial charge is 0.186 e. The molecule has 21 heavy (non-hydrogen) atoms. The molecule has 0 N–H and O–H groups in total. The summed E-state index contributed by atoms with van der Waals surface area (Å²) in [7, 11) is 1.62.